The first-order chi connectivity index (χ1) is 15.4. The van der Waals surface area contributed by atoms with Crippen molar-refractivity contribution in [2.24, 2.45) is 12.8 Å². The Balaban J connectivity index is 1.50. The van der Waals surface area contributed by atoms with E-state index in [0.717, 1.165) is 10.9 Å². The molecule has 0 unspecified atom stereocenters. The SMILES string of the molecule is Cn1ccc2cc(-c3cnc4ccc(C(=O)N5CC[C@H](N)[C@H](O)C5)cc4n3)ccc2c1=O. The lowest BCUT2D eigenvalue weighted by molar-refractivity contribution is 0.0395. The van der Waals surface area contributed by atoms with Crippen molar-refractivity contribution in [2.75, 3.05) is 13.1 Å². The van der Waals surface area contributed by atoms with E-state index in [4.69, 9.17) is 10.7 Å². The number of aliphatic hydroxyl groups excluding tert-OH is 1. The highest BCUT2D eigenvalue weighted by Crippen LogP contribution is 2.24. The lowest BCUT2D eigenvalue weighted by Crippen LogP contribution is -2.52. The maximum Gasteiger partial charge on any atom is 0.258 e. The average Bonchev–Trinajstić information content (AvgIpc) is 2.82. The Hall–Kier alpha value is -3.62. The number of aliphatic hydroxyl groups is 1. The largest absolute Gasteiger partial charge is 0.390 e. The molecular weight excluding hydrogens is 406 g/mol. The van der Waals surface area contributed by atoms with Crippen molar-refractivity contribution in [3.05, 3.63) is 70.8 Å². The van der Waals surface area contributed by atoms with Crippen LogP contribution in [0.4, 0.5) is 0 Å². The molecule has 0 bridgehead atoms. The number of hydrogen-bond donors (Lipinski definition) is 2. The van der Waals surface area contributed by atoms with Crippen molar-refractivity contribution < 1.29 is 9.90 Å². The number of amides is 1. The van der Waals surface area contributed by atoms with Gasteiger partial charge in [0.25, 0.3) is 11.5 Å². The molecule has 1 amide bonds. The van der Waals surface area contributed by atoms with Crippen molar-refractivity contribution in [3.8, 4) is 11.3 Å². The summed E-state index contributed by atoms with van der Waals surface area (Å²) in [6, 6.07) is 12.4. The lowest BCUT2D eigenvalue weighted by atomic mass is 10.0. The number of likely N-dealkylation sites (tertiary alicyclic amines) is 1. The van der Waals surface area contributed by atoms with E-state index in [2.05, 4.69) is 4.98 Å². The minimum Gasteiger partial charge on any atom is -0.390 e. The van der Waals surface area contributed by atoms with Gasteiger partial charge in [0.1, 0.15) is 0 Å². The van der Waals surface area contributed by atoms with E-state index in [9.17, 15) is 14.7 Å². The van der Waals surface area contributed by atoms with Crippen molar-refractivity contribution >= 4 is 27.7 Å². The Morgan fingerprint density at radius 1 is 1.16 bits per heavy atom. The number of hydrogen-bond acceptors (Lipinski definition) is 6. The quantitative estimate of drug-likeness (QED) is 0.501. The second-order valence-electron chi connectivity index (χ2n) is 8.26. The molecule has 0 radical (unpaired) electrons. The summed E-state index contributed by atoms with van der Waals surface area (Å²) in [4.78, 5) is 36.1. The number of rotatable bonds is 2. The highest BCUT2D eigenvalue weighted by Gasteiger charge is 2.28. The van der Waals surface area contributed by atoms with E-state index in [1.807, 2.05) is 18.2 Å². The normalized spacial score (nSPS) is 18.9. The topological polar surface area (TPSA) is 114 Å². The van der Waals surface area contributed by atoms with Crippen LogP contribution in [0, 0.1) is 0 Å². The van der Waals surface area contributed by atoms with Crippen LogP contribution in [0.15, 0.2) is 59.7 Å². The Bertz CT molecular complexity index is 1410. The predicted octanol–water partition coefficient (Wildman–Crippen LogP) is 1.68. The summed E-state index contributed by atoms with van der Waals surface area (Å²) >= 11 is 0. The van der Waals surface area contributed by atoms with Crippen molar-refractivity contribution in [1.29, 1.82) is 0 Å². The summed E-state index contributed by atoms with van der Waals surface area (Å²) in [7, 11) is 1.72. The van der Waals surface area contributed by atoms with E-state index >= 15 is 0 Å². The molecule has 4 aromatic rings. The molecule has 1 saturated heterocycles. The monoisotopic (exact) mass is 429 g/mol. The summed E-state index contributed by atoms with van der Waals surface area (Å²) in [5, 5.41) is 11.5. The maximum absolute atomic E-state index is 13.0. The van der Waals surface area contributed by atoms with E-state index in [1.54, 1.807) is 53.2 Å². The van der Waals surface area contributed by atoms with Gasteiger partial charge in [-0.15, -0.1) is 0 Å². The molecule has 3 heterocycles. The Morgan fingerprint density at radius 3 is 2.81 bits per heavy atom. The molecule has 1 aliphatic heterocycles. The minimum absolute atomic E-state index is 0.0504. The number of aryl methyl sites for hydroxylation is 1. The molecule has 2 aromatic carbocycles. The average molecular weight is 429 g/mol. The highest BCUT2D eigenvalue weighted by molar-refractivity contribution is 5.97. The minimum atomic E-state index is -0.718. The van der Waals surface area contributed by atoms with Crippen molar-refractivity contribution in [1.82, 2.24) is 19.4 Å². The van der Waals surface area contributed by atoms with Gasteiger partial charge in [-0.2, -0.15) is 0 Å². The van der Waals surface area contributed by atoms with Crippen LogP contribution in [0.5, 0.6) is 0 Å². The van der Waals surface area contributed by atoms with Gasteiger partial charge in [0.15, 0.2) is 0 Å². The fourth-order valence-corrected chi connectivity index (χ4v) is 4.10. The first-order valence-electron chi connectivity index (χ1n) is 10.5. The van der Waals surface area contributed by atoms with E-state index in [0.29, 0.717) is 40.6 Å². The molecule has 1 aliphatic rings. The molecule has 0 spiro atoms. The first-order valence-corrected chi connectivity index (χ1v) is 10.5. The van der Waals surface area contributed by atoms with Crippen LogP contribution >= 0.6 is 0 Å². The molecule has 0 aliphatic carbocycles. The van der Waals surface area contributed by atoms with E-state index < -0.39 is 6.10 Å². The number of nitrogens with zero attached hydrogens (tertiary/aromatic N) is 4. The molecule has 8 nitrogen and oxygen atoms in total. The zero-order valence-electron chi connectivity index (χ0n) is 17.6. The standard InChI is InChI=1S/C24H23N5O3/c1-28-8-6-14-10-15(2-4-17(14)24(28)32)21-12-26-19-5-3-16(11-20(19)27-21)23(31)29-9-7-18(25)22(30)13-29/h2-6,8,10-12,18,22,30H,7,9,13,25H2,1H3/t18-,22+/m0/s1. The van der Waals surface area contributed by atoms with Crippen LogP contribution in [0.25, 0.3) is 33.1 Å². The fraction of sp³-hybridized carbons (Fsp3) is 0.250. The summed E-state index contributed by atoms with van der Waals surface area (Å²) in [6.45, 7) is 0.734. The number of β-amino-alcohol motifs (C(OH)–C–C–N with tert-alkyl or cyclic N) is 1. The number of pyridine rings is 1. The third-order valence-corrected chi connectivity index (χ3v) is 6.09. The zero-order valence-corrected chi connectivity index (χ0v) is 17.6. The number of aromatic nitrogens is 3. The second-order valence-corrected chi connectivity index (χ2v) is 8.26. The Kier molecular flexibility index (Phi) is 4.96. The fourth-order valence-electron chi connectivity index (χ4n) is 4.10. The van der Waals surface area contributed by atoms with Crippen LogP contribution in [0.1, 0.15) is 16.8 Å². The number of fused-ring (bicyclic) bond motifs is 2. The van der Waals surface area contributed by atoms with Crippen LogP contribution in [0.2, 0.25) is 0 Å². The predicted molar refractivity (Wildman–Crippen MR) is 122 cm³/mol. The maximum atomic E-state index is 13.0. The van der Waals surface area contributed by atoms with Gasteiger partial charge in [0, 0.05) is 48.9 Å². The molecule has 2 aromatic heterocycles. The van der Waals surface area contributed by atoms with Crippen molar-refractivity contribution in [3.63, 3.8) is 0 Å². The summed E-state index contributed by atoms with van der Waals surface area (Å²) in [5.41, 5.74) is 9.07. The van der Waals surface area contributed by atoms with Gasteiger partial charge in [0.2, 0.25) is 0 Å². The third-order valence-electron chi connectivity index (χ3n) is 6.09. The van der Waals surface area contributed by atoms with Crippen molar-refractivity contribution in [2.45, 2.75) is 18.6 Å². The summed E-state index contributed by atoms with van der Waals surface area (Å²) in [6.07, 6.45) is 3.27. The zero-order chi connectivity index (χ0) is 22.4. The lowest BCUT2D eigenvalue weighted by Gasteiger charge is -2.34. The highest BCUT2D eigenvalue weighted by atomic mass is 16.3. The van der Waals surface area contributed by atoms with Gasteiger partial charge in [0.05, 0.1) is 29.0 Å². The number of benzene rings is 2. The van der Waals surface area contributed by atoms with Gasteiger partial charge in [-0.3, -0.25) is 14.6 Å². The molecule has 5 rings (SSSR count). The first kappa shape index (κ1) is 20.3. The number of nitrogens with two attached hydrogens (primary N) is 1. The second kappa shape index (κ2) is 7.81. The summed E-state index contributed by atoms with van der Waals surface area (Å²) in [5.74, 6) is -0.161. The number of carbonyl (C=O) groups is 1. The van der Waals surface area contributed by atoms with Gasteiger partial charge >= 0.3 is 0 Å². The summed E-state index contributed by atoms with van der Waals surface area (Å²) < 4.78 is 1.55. The van der Waals surface area contributed by atoms with Crippen LogP contribution in [-0.2, 0) is 7.05 Å². The van der Waals surface area contributed by atoms with Crippen LogP contribution < -0.4 is 11.3 Å². The third kappa shape index (κ3) is 3.53. The Labute approximate surface area is 183 Å². The molecule has 0 saturated carbocycles. The van der Waals surface area contributed by atoms with Gasteiger partial charge < -0.3 is 20.3 Å². The molecule has 3 N–H and O–H groups in total. The molecule has 8 heteroatoms. The molecule has 1 fully saturated rings. The van der Waals surface area contributed by atoms with E-state index in [1.165, 1.54) is 0 Å². The van der Waals surface area contributed by atoms with Gasteiger partial charge in [-0.1, -0.05) is 6.07 Å². The molecule has 162 valence electrons. The molecule has 32 heavy (non-hydrogen) atoms. The van der Waals surface area contributed by atoms with Gasteiger partial charge in [-0.05, 0) is 48.2 Å². The number of carbonyl (C=O) groups excluding carboxylic acids is 1. The van der Waals surface area contributed by atoms with Crippen LogP contribution in [0.3, 0.4) is 0 Å². The number of piperidine rings is 1. The smallest absolute Gasteiger partial charge is 0.258 e. The Morgan fingerprint density at radius 2 is 2.00 bits per heavy atom. The van der Waals surface area contributed by atoms with E-state index in [-0.39, 0.29) is 24.1 Å². The van der Waals surface area contributed by atoms with Gasteiger partial charge in [-0.25, -0.2) is 4.98 Å². The molecular formula is C24H23N5O3. The molecule has 2 atom stereocenters. The van der Waals surface area contributed by atoms with Crippen LogP contribution in [-0.4, -0.2) is 55.7 Å².